The molecule has 1 fully saturated rings. The molecule has 0 saturated carbocycles. The van der Waals surface area contributed by atoms with Crippen LogP contribution in [0.1, 0.15) is 62.0 Å². The van der Waals surface area contributed by atoms with E-state index in [1.54, 1.807) is 0 Å². The van der Waals surface area contributed by atoms with Crippen LogP contribution in [0.3, 0.4) is 0 Å². The number of amides is 2. The number of unbranched alkanes of at least 4 members (excludes halogenated alkanes) is 2. The van der Waals surface area contributed by atoms with Crippen LogP contribution in [0.5, 0.6) is 0 Å². The fourth-order valence-corrected chi connectivity index (χ4v) is 4.10. The van der Waals surface area contributed by atoms with Gasteiger partial charge in [0, 0.05) is 25.6 Å². The highest BCUT2D eigenvalue weighted by molar-refractivity contribution is 7.80. The molecule has 0 spiro atoms. The lowest BCUT2D eigenvalue weighted by atomic mass is 9.96. The van der Waals surface area contributed by atoms with Gasteiger partial charge in [-0.25, -0.2) is 0 Å². The summed E-state index contributed by atoms with van der Waals surface area (Å²) in [6.07, 6.45) is 6.25. The average Bonchev–Trinajstić information content (AvgIpc) is 3.25. The number of hydrogen-bond donors (Lipinski definition) is 3. The van der Waals surface area contributed by atoms with Gasteiger partial charge in [0.15, 0.2) is 5.11 Å². The van der Waals surface area contributed by atoms with E-state index in [1.807, 2.05) is 22.4 Å². The van der Waals surface area contributed by atoms with Crippen molar-refractivity contribution in [2.24, 2.45) is 11.8 Å². The molecule has 8 heteroatoms. The van der Waals surface area contributed by atoms with E-state index >= 15 is 0 Å². The SMILES string of the molecule is CCCCC[C@@H](C)CNC(=S)NNC(=O)C1CCN(C(=O)c2cccs2)CC1. The van der Waals surface area contributed by atoms with Crippen molar-refractivity contribution in [1.29, 1.82) is 0 Å². The standard InChI is InChI=1S/C20H32N4O2S2/c1-3-4-5-7-15(2)14-21-20(27)23-22-18(25)16-9-11-24(12-10-16)19(26)17-8-6-13-28-17/h6,8,13,15-16H,3-5,7,9-12,14H2,1-2H3,(H,22,25)(H2,21,23,27)/t15-/m1/s1. The summed E-state index contributed by atoms with van der Waals surface area (Å²) in [7, 11) is 0. The molecule has 0 aliphatic carbocycles. The first-order chi connectivity index (χ1) is 13.5. The van der Waals surface area contributed by atoms with Crippen molar-refractivity contribution in [2.45, 2.75) is 52.4 Å². The van der Waals surface area contributed by atoms with Crippen LogP contribution in [0.2, 0.25) is 0 Å². The molecule has 0 aromatic carbocycles. The first-order valence-electron chi connectivity index (χ1n) is 10.2. The summed E-state index contributed by atoms with van der Waals surface area (Å²) < 4.78 is 0. The molecule has 2 heterocycles. The number of hydrazine groups is 1. The van der Waals surface area contributed by atoms with E-state index in [0.717, 1.165) is 11.4 Å². The van der Waals surface area contributed by atoms with Gasteiger partial charge in [-0.1, -0.05) is 39.2 Å². The van der Waals surface area contributed by atoms with Gasteiger partial charge in [0.05, 0.1) is 4.88 Å². The highest BCUT2D eigenvalue weighted by atomic mass is 32.1. The molecule has 0 bridgehead atoms. The monoisotopic (exact) mass is 424 g/mol. The van der Waals surface area contributed by atoms with Crippen molar-refractivity contribution in [3.63, 3.8) is 0 Å². The fourth-order valence-electron chi connectivity index (χ4n) is 3.28. The Kier molecular flexibility index (Phi) is 9.70. The van der Waals surface area contributed by atoms with Gasteiger partial charge >= 0.3 is 0 Å². The Morgan fingerprint density at radius 3 is 2.68 bits per heavy atom. The second-order valence-electron chi connectivity index (χ2n) is 7.47. The lowest BCUT2D eigenvalue weighted by Crippen LogP contribution is -2.51. The van der Waals surface area contributed by atoms with E-state index in [2.05, 4.69) is 30.0 Å². The third-order valence-corrected chi connectivity index (χ3v) is 6.20. The minimum absolute atomic E-state index is 0.0606. The molecule has 3 N–H and O–H groups in total. The topological polar surface area (TPSA) is 73.5 Å². The Bertz CT molecular complexity index is 628. The Labute approximate surface area is 177 Å². The van der Waals surface area contributed by atoms with E-state index in [9.17, 15) is 9.59 Å². The minimum Gasteiger partial charge on any atom is -0.361 e. The van der Waals surface area contributed by atoms with E-state index in [4.69, 9.17) is 12.2 Å². The van der Waals surface area contributed by atoms with E-state index < -0.39 is 0 Å². The number of piperidine rings is 1. The maximum absolute atomic E-state index is 12.4. The molecule has 2 rings (SSSR count). The zero-order valence-corrected chi connectivity index (χ0v) is 18.5. The van der Waals surface area contributed by atoms with Gasteiger partial charge < -0.3 is 10.2 Å². The molecule has 1 saturated heterocycles. The summed E-state index contributed by atoms with van der Waals surface area (Å²) in [5.41, 5.74) is 5.51. The van der Waals surface area contributed by atoms with Crippen molar-refractivity contribution in [1.82, 2.24) is 21.1 Å². The van der Waals surface area contributed by atoms with Crippen LogP contribution < -0.4 is 16.2 Å². The van der Waals surface area contributed by atoms with Crippen molar-refractivity contribution in [2.75, 3.05) is 19.6 Å². The zero-order valence-electron chi connectivity index (χ0n) is 16.8. The predicted octanol–water partition coefficient (Wildman–Crippen LogP) is 3.31. The molecule has 0 radical (unpaired) electrons. The van der Waals surface area contributed by atoms with Crippen LogP contribution >= 0.6 is 23.6 Å². The van der Waals surface area contributed by atoms with Gasteiger partial charge in [0.25, 0.3) is 5.91 Å². The highest BCUT2D eigenvalue weighted by Gasteiger charge is 2.28. The van der Waals surface area contributed by atoms with E-state index in [-0.39, 0.29) is 17.7 Å². The molecule has 6 nitrogen and oxygen atoms in total. The number of thiocarbonyl (C=S) groups is 1. The van der Waals surface area contributed by atoms with Crippen LogP contribution in [0.4, 0.5) is 0 Å². The molecular formula is C20H32N4O2S2. The highest BCUT2D eigenvalue weighted by Crippen LogP contribution is 2.20. The largest absolute Gasteiger partial charge is 0.361 e. The third-order valence-electron chi connectivity index (χ3n) is 5.10. The molecule has 1 aliphatic rings. The summed E-state index contributed by atoms with van der Waals surface area (Å²) >= 11 is 6.69. The molecule has 1 aromatic heterocycles. The number of likely N-dealkylation sites (tertiary alicyclic amines) is 1. The number of rotatable bonds is 8. The van der Waals surface area contributed by atoms with Crippen LogP contribution in [0, 0.1) is 11.8 Å². The first kappa shape index (κ1) is 22.6. The van der Waals surface area contributed by atoms with Gasteiger partial charge in [-0.3, -0.25) is 20.4 Å². The Balaban J connectivity index is 1.62. The summed E-state index contributed by atoms with van der Waals surface area (Å²) in [6.45, 7) is 6.42. The number of nitrogens with zero attached hydrogens (tertiary/aromatic N) is 1. The smallest absolute Gasteiger partial charge is 0.263 e. The molecule has 2 amide bonds. The second-order valence-corrected chi connectivity index (χ2v) is 8.82. The second kappa shape index (κ2) is 12.0. The Morgan fingerprint density at radius 2 is 2.04 bits per heavy atom. The van der Waals surface area contributed by atoms with Gasteiger partial charge in [-0.2, -0.15) is 0 Å². The lowest BCUT2D eigenvalue weighted by molar-refractivity contribution is -0.126. The lowest BCUT2D eigenvalue weighted by Gasteiger charge is -2.31. The van der Waals surface area contributed by atoms with Crippen molar-refractivity contribution in [3.05, 3.63) is 22.4 Å². The summed E-state index contributed by atoms with van der Waals surface area (Å²) in [5.74, 6) is 0.441. The van der Waals surface area contributed by atoms with Gasteiger partial charge in [0.1, 0.15) is 0 Å². The van der Waals surface area contributed by atoms with Crippen molar-refractivity contribution in [3.8, 4) is 0 Å². The van der Waals surface area contributed by atoms with E-state index in [0.29, 0.717) is 37.0 Å². The minimum atomic E-state index is -0.101. The Morgan fingerprint density at radius 1 is 1.29 bits per heavy atom. The predicted molar refractivity (Wildman–Crippen MR) is 118 cm³/mol. The maximum Gasteiger partial charge on any atom is 0.263 e. The summed E-state index contributed by atoms with van der Waals surface area (Å²) in [4.78, 5) is 27.3. The maximum atomic E-state index is 12.4. The Hall–Kier alpha value is -1.67. The third kappa shape index (κ3) is 7.39. The van der Waals surface area contributed by atoms with Crippen LogP contribution in [0.25, 0.3) is 0 Å². The number of carbonyl (C=O) groups excluding carboxylic acids is 2. The zero-order chi connectivity index (χ0) is 20.4. The van der Waals surface area contributed by atoms with Crippen molar-refractivity contribution >= 4 is 40.5 Å². The van der Waals surface area contributed by atoms with Crippen LogP contribution in [-0.4, -0.2) is 41.5 Å². The first-order valence-corrected chi connectivity index (χ1v) is 11.5. The molecular weight excluding hydrogens is 392 g/mol. The summed E-state index contributed by atoms with van der Waals surface area (Å²) in [6, 6.07) is 3.72. The molecule has 28 heavy (non-hydrogen) atoms. The van der Waals surface area contributed by atoms with Gasteiger partial charge in [-0.15, -0.1) is 11.3 Å². The van der Waals surface area contributed by atoms with Crippen molar-refractivity contribution < 1.29 is 9.59 Å². The van der Waals surface area contributed by atoms with Gasteiger partial charge in [0.2, 0.25) is 5.91 Å². The number of thiophene rings is 1. The molecule has 1 aliphatic heterocycles. The normalized spacial score (nSPS) is 15.7. The molecule has 1 atom stereocenters. The number of hydrogen-bond acceptors (Lipinski definition) is 4. The fraction of sp³-hybridized carbons (Fsp3) is 0.650. The quantitative estimate of drug-likeness (QED) is 0.339. The number of nitrogens with one attached hydrogen (secondary N) is 3. The van der Waals surface area contributed by atoms with Crippen LogP contribution in [-0.2, 0) is 4.79 Å². The van der Waals surface area contributed by atoms with Crippen LogP contribution in [0.15, 0.2) is 17.5 Å². The average molecular weight is 425 g/mol. The molecule has 1 aromatic rings. The molecule has 156 valence electrons. The summed E-state index contributed by atoms with van der Waals surface area (Å²) in [5, 5.41) is 5.51. The van der Waals surface area contributed by atoms with E-state index in [1.165, 1.54) is 37.0 Å². The molecule has 0 unspecified atom stereocenters. The van der Waals surface area contributed by atoms with Gasteiger partial charge in [-0.05, 0) is 48.8 Å². The number of carbonyl (C=O) groups is 2.